The van der Waals surface area contributed by atoms with E-state index in [1.165, 1.54) is 0 Å². The Bertz CT molecular complexity index is 1000. The van der Waals surface area contributed by atoms with E-state index in [-0.39, 0.29) is 5.95 Å². The van der Waals surface area contributed by atoms with E-state index >= 15 is 0 Å². The summed E-state index contributed by atoms with van der Waals surface area (Å²) in [6, 6.07) is 18.1. The summed E-state index contributed by atoms with van der Waals surface area (Å²) >= 11 is 0. The predicted octanol–water partition coefficient (Wildman–Crippen LogP) is 3.54. The number of hydrogen-bond acceptors (Lipinski definition) is 4. The second-order valence-corrected chi connectivity index (χ2v) is 5.39. The van der Waals surface area contributed by atoms with E-state index in [1.807, 2.05) is 42.6 Å². The standard InChI is InChI=1S/C19H15N5/c20-19-22-18-5-1-4-17(24(18)23-19)16-10-8-14(9-11-16)6-7-15-3-2-12-21-13-15/h1-13H,(H2,20,23). The Hall–Kier alpha value is -3.47. The maximum Gasteiger partial charge on any atom is 0.240 e. The molecule has 0 radical (unpaired) electrons. The van der Waals surface area contributed by atoms with Gasteiger partial charge in [0.1, 0.15) is 0 Å². The zero-order chi connectivity index (χ0) is 16.4. The summed E-state index contributed by atoms with van der Waals surface area (Å²) in [5, 5.41) is 4.25. The number of pyridine rings is 2. The molecule has 1 aromatic carbocycles. The van der Waals surface area contributed by atoms with Crippen LogP contribution in [0.3, 0.4) is 0 Å². The fourth-order valence-corrected chi connectivity index (χ4v) is 2.57. The quantitative estimate of drug-likeness (QED) is 0.628. The van der Waals surface area contributed by atoms with Crippen LogP contribution in [0.2, 0.25) is 0 Å². The number of aromatic nitrogens is 4. The molecule has 4 rings (SSSR count). The van der Waals surface area contributed by atoms with Gasteiger partial charge in [0.05, 0.1) is 5.69 Å². The predicted molar refractivity (Wildman–Crippen MR) is 96.0 cm³/mol. The van der Waals surface area contributed by atoms with Crippen molar-refractivity contribution in [2.24, 2.45) is 0 Å². The molecule has 0 spiro atoms. The molecule has 0 aliphatic heterocycles. The van der Waals surface area contributed by atoms with Gasteiger partial charge in [0.25, 0.3) is 0 Å². The Labute approximate surface area is 139 Å². The van der Waals surface area contributed by atoms with Gasteiger partial charge >= 0.3 is 0 Å². The fourth-order valence-electron chi connectivity index (χ4n) is 2.57. The van der Waals surface area contributed by atoms with Crippen molar-refractivity contribution in [3.63, 3.8) is 0 Å². The molecular formula is C19H15N5. The Morgan fingerprint density at radius 3 is 2.50 bits per heavy atom. The Balaban J connectivity index is 1.65. The van der Waals surface area contributed by atoms with Gasteiger partial charge in [-0.3, -0.25) is 4.98 Å². The van der Waals surface area contributed by atoms with Gasteiger partial charge in [-0.1, -0.05) is 48.6 Å². The summed E-state index contributed by atoms with van der Waals surface area (Å²) in [6.45, 7) is 0. The van der Waals surface area contributed by atoms with E-state index in [4.69, 9.17) is 5.73 Å². The van der Waals surface area contributed by atoms with Gasteiger partial charge in [-0.2, -0.15) is 4.98 Å². The number of fused-ring (bicyclic) bond motifs is 1. The van der Waals surface area contributed by atoms with Crippen molar-refractivity contribution in [1.82, 2.24) is 19.6 Å². The van der Waals surface area contributed by atoms with E-state index in [0.717, 1.165) is 28.0 Å². The largest absolute Gasteiger partial charge is 0.366 e. The number of anilines is 1. The molecule has 0 saturated heterocycles. The Morgan fingerprint density at radius 2 is 1.71 bits per heavy atom. The molecule has 0 aliphatic carbocycles. The van der Waals surface area contributed by atoms with Crippen molar-refractivity contribution in [2.75, 3.05) is 5.73 Å². The van der Waals surface area contributed by atoms with Gasteiger partial charge in [0, 0.05) is 18.0 Å². The molecule has 24 heavy (non-hydrogen) atoms. The van der Waals surface area contributed by atoms with Crippen LogP contribution in [0.25, 0.3) is 29.1 Å². The monoisotopic (exact) mass is 313 g/mol. The molecule has 0 aliphatic rings. The smallest absolute Gasteiger partial charge is 0.240 e. The van der Waals surface area contributed by atoms with Crippen molar-refractivity contribution >= 4 is 23.7 Å². The van der Waals surface area contributed by atoms with Crippen molar-refractivity contribution < 1.29 is 0 Å². The normalized spacial score (nSPS) is 11.3. The number of nitrogens with zero attached hydrogens (tertiary/aromatic N) is 4. The molecule has 5 heteroatoms. The summed E-state index contributed by atoms with van der Waals surface area (Å²) in [6.07, 6.45) is 7.71. The first-order valence-corrected chi connectivity index (χ1v) is 7.59. The van der Waals surface area contributed by atoms with E-state index in [1.54, 1.807) is 10.7 Å². The second-order valence-electron chi connectivity index (χ2n) is 5.39. The highest BCUT2D eigenvalue weighted by Gasteiger charge is 2.06. The summed E-state index contributed by atoms with van der Waals surface area (Å²) in [5.74, 6) is 0.276. The topological polar surface area (TPSA) is 69.1 Å². The molecule has 0 unspecified atom stereocenters. The van der Waals surface area contributed by atoms with E-state index in [2.05, 4.69) is 45.4 Å². The average molecular weight is 313 g/mol. The Kier molecular flexibility index (Phi) is 3.51. The second kappa shape index (κ2) is 5.96. The molecule has 116 valence electrons. The van der Waals surface area contributed by atoms with Crippen molar-refractivity contribution in [3.05, 3.63) is 78.1 Å². The van der Waals surface area contributed by atoms with Crippen LogP contribution >= 0.6 is 0 Å². The SMILES string of the molecule is Nc1nc2cccc(-c3ccc(C=Cc4cccnc4)cc3)n2n1. The lowest BCUT2D eigenvalue weighted by Gasteiger charge is -2.04. The summed E-state index contributed by atoms with van der Waals surface area (Å²) < 4.78 is 1.76. The van der Waals surface area contributed by atoms with Gasteiger partial charge in [-0.15, -0.1) is 5.10 Å². The molecule has 0 amide bonds. The molecule has 0 fully saturated rings. The first-order valence-electron chi connectivity index (χ1n) is 7.59. The lowest BCUT2D eigenvalue weighted by atomic mass is 10.1. The van der Waals surface area contributed by atoms with Crippen molar-refractivity contribution in [2.45, 2.75) is 0 Å². The van der Waals surface area contributed by atoms with Crippen LogP contribution in [0.5, 0.6) is 0 Å². The first kappa shape index (κ1) is 14.1. The molecule has 4 aromatic rings. The highest BCUT2D eigenvalue weighted by Crippen LogP contribution is 2.21. The van der Waals surface area contributed by atoms with Crippen molar-refractivity contribution in [1.29, 1.82) is 0 Å². The number of hydrogen-bond donors (Lipinski definition) is 1. The van der Waals surface area contributed by atoms with Crippen LogP contribution in [0.4, 0.5) is 5.95 Å². The molecule has 3 aromatic heterocycles. The average Bonchev–Trinajstić information content (AvgIpc) is 3.01. The minimum atomic E-state index is 0.276. The van der Waals surface area contributed by atoms with Crippen LogP contribution in [0.1, 0.15) is 11.1 Å². The molecule has 0 atom stereocenters. The molecule has 3 heterocycles. The zero-order valence-electron chi connectivity index (χ0n) is 12.9. The zero-order valence-corrected chi connectivity index (χ0v) is 12.9. The lowest BCUT2D eigenvalue weighted by molar-refractivity contribution is 0.976. The van der Waals surface area contributed by atoms with Crippen LogP contribution in [0.15, 0.2) is 67.0 Å². The third-order valence-corrected chi connectivity index (χ3v) is 3.74. The summed E-state index contributed by atoms with van der Waals surface area (Å²) in [7, 11) is 0. The van der Waals surface area contributed by atoms with Gasteiger partial charge in [-0.05, 0) is 29.3 Å². The fraction of sp³-hybridized carbons (Fsp3) is 0. The van der Waals surface area contributed by atoms with Crippen LogP contribution in [0, 0.1) is 0 Å². The van der Waals surface area contributed by atoms with E-state index < -0.39 is 0 Å². The van der Waals surface area contributed by atoms with Gasteiger partial charge in [-0.25, -0.2) is 4.52 Å². The number of nitrogens with two attached hydrogens (primary N) is 1. The van der Waals surface area contributed by atoms with Crippen molar-refractivity contribution in [3.8, 4) is 11.3 Å². The maximum atomic E-state index is 5.70. The Morgan fingerprint density at radius 1 is 0.875 bits per heavy atom. The van der Waals surface area contributed by atoms with Crippen LogP contribution < -0.4 is 5.73 Å². The summed E-state index contributed by atoms with van der Waals surface area (Å²) in [4.78, 5) is 8.30. The first-order chi connectivity index (χ1) is 11.8. The molecule has 2 N–H and O–H groups in total. The summed E-state index contributed by atoms with van der Waals surface area (Å²) in [5.41, 5.74) is 10.6. The number of benzene rings is 1. The molecule has 0 saturated carbocycles. The minimum Gasteiger partial charge on any atom is -0.366 e. The third kappa shape index (κ3) is 2.75. The number of nitrogen functional groups attached to an aromatic ring is 1. The highest BCUT2D eigenvalue weighted by molar-refractivity contribution is 5.71. The van der Waals surface area contributed by atoms with Gasteiger partial charge in [0.15, 0.2) is 5.65 Å². The molecular weight excluding hydrogens is 298 g/mol. The third-order valence-electron chi connectivity index (χ3n) is 3.74. The van der Waals surface area contributed by atoms with Crippen LogP contribution in [-0.4, -0.2) is 19.6 Å². The van der Waals surface area contributed by atoms with E-state index in [0.29, 0.717) is 0 Å². The molecule has 0 bridgehead atoms. The highest BCUT2D eigenvalue weighted by atomic mass is 15.3. The van der Waals surface area contributed by atoms with Gasteiger partial charge < -0.3 is 5.73 Å². The number of rotatable bonds is 3. The van der Waals surface area contributed by atoms with Crippen LogP contribution in [-0.2, 0) is 0 Å². The minimum absolute atomic E-state index is 0.276. The van der Waals surface area contributed by atoms with Gasteiger partial charge in [0.2, 0.25) is 5.95 Å². The molecule has 5 nitrogen and oxygen atoms in total. The van der Waals surface area contributed by atoms with E-state index in [9.17, 15) is 0 Å². The lowest BCUT2D eigenvalue weighted by Crippen LogP contribution is -1.94. The maximum absolute atomic E-state index is 5.70.